The highest BCUT2D eigenvalue weighted by Gasteiger charge is 2.06. The van der Waals surface area contributed by atoms with Crippen LogP contribution < -0.4 is 5.73 Å². The first kappa shape index (κ1) is 8.15. The Morgan fingerprint density at radius 2 is 2.25 bits per heavy atom. The number of nitrogens with two attached hydrogens (primary N) is 1. The minimum Gasteiger partial charge on any atom is -0.374 e. The number of rotatable bonds is 1. The van der Waals surface area contributed by atoms with Gasteiger partial charge < -0.3 is 5.73 Å². The van der Waals surface area contributed by atoms with Gasteiger partial charge in [-0.2, -0.15) is 0 Å². The maximum atomic E-state index is 5.46. The van der Waals surface area contributed by atoms with Gasteiger partial charge in [0.1, 0.15) is 0 Å². The Hall–Kier alpha value is -0.460. The van der Waals surface area contributed by atoms with Crippen molar-refractivity contribution in [3.8, 4) is 9.88 Å². The SMILES string of the molecule is Nc1nnc(-c2cc(Br)cs2)s1. The van der Waals surface area contributed by atoms with E-state index in [-0.39, 0.29) is 0 Å². The second kappa shape index (κ2) is 3.12. The largest absolute Gasteiger partial charge is 0.374 e. The maximum Gasteiger partial charge on any atom is 0.203 e. The number of nitrogen functional groups attached to an aromatic ring is 1. The van der Waals surface area contributed by atoms with E-state index in [1.165, 1.54) is 11.3 Å². The van der Waals surface area contributed by atoms with Crippen LogP contribution in [-0.2, 0) is 0 Å². The van der Waals surface area contributed by atoms with Gasteiger partial charge in [0.2, 0.25) is 5.13 Å². The minimum atomic E-state index is 0.509. The van der Waals surface area contributed by atoms with Crippen LogP contribution in [0.25, 0.3) is 9.88 Å². The lowest BCUT2D eigenvalue weighted by atomic mass is 10.5. The molecule has 0 saturated carbocycles. The van der Waals surface area contributed by atoms with Gasteiger partial charge in [0, 0.05) is 9.85 Å². The number of thiophene rings is 1. The predicted octanol–water partition coefficient (Wildman–Crippen LogP) is 2.61. The highest BCUT2D eigenvalue weighted by atomic mass is 79.9. The number of hydrogen-bond acceptors (Lipinski definition) is 5. The zero-order valence-electron chi connectivity index (χ0n) is 5.82. The van der Waals surface area contributed by atoms with E-state index in [1.807, 2.05) is 11.4 Å². The summed E-state index contributed by atoms with van der Waals surface area (Å²) in [7, 11) is 0. The zero-order valence-corrected chi connectivity index (χ0v) is 9.04. The zero-order chi connectivity index (χ0) is 8.55. The number of halogens is 1. The monoisotopic (exact) mass is 261 g/mol. The fourth-order valence-corrected chi connectivity index (χ4v) is 2.85. The van der Waals surface area contributed by atoms with E-state index < -0.39 is 0 Å². The molecule has 0 aromatic carbocycles. The van der Waals surface area contributed by atoms with Crippen LogP contribution in [0.3, 0.4) is 0 Å². The number of anilines is 1. The molecular weight excluding hydrogens is 258 g/mol. The Morgan fingerprint density at radius 1 is 1.42 bits per heavy atom. The summed E-state index contributed by atoms with van der Waals surface area (Å²) < 4.78 is 1.07. The summed E-state index contributed by atoms with van der Waals surface area (Å²) >= 11 is 6.39. The molecule has 0 spiro atoms. The van der Waals surface area contributed by atoms with Crippen LogP contribution in [0.5, 0.6) is 0 Å². The van der Waals surface area contributed by atoms with Crippen LogP contribution in [0, 0.1) is 0 Å². The van der Waals surface area contributed by atoms with Crippen molar-refractivity contribution in [3.05, 3.63) is 15.9 Å². The first-order chi connectivity index (χ1) is 5.75. The van der Waals surface area contributed by atoms with E-state index in [0.717, 1.165) is 14.4 Å². The Morgan fingerprint density at radius 3 is 2.75 bits per heavy atom. The molecule has 2 aromatic rings. The van der Waals surface area contributed by atoms with Gasteiger partial charge in [-0.15, -0.1) is 21.5 Å². The van der Waals surface area contributed by atoms with Crippen LogP contribution >= 0.6 is 38.6 Å². The van der Waals surface area contributed by atoms with Gasteiger partial charge in [0.25, 0.3) is 0 Å². The van der Waals surface area contributed by atoms with Crippen molar-refractivity contribution in [2.75, 3.05) is 5.73 Å². The molecule has 2 N–H and O–H groups in total. The lowest BCUT2D eigenvalue weighted by molar-refractivity contribution is 1.11. The Bertz CT molecular complexity index is 357. The summed E-state index contributed by atoms with van der Waals surface area (Å²) in [4.78, 5) is 1.09. The molecule has 0 aliphatic rings. The first-order valence-corrected chi connectivity index (χ1v) is 5.58. The van der Waals surface area contributed by atoms with Crippen molar-refractivity contribution >= 4 is 43.7 Å². The molecular formula is C6H4BrN3S2. The van der Waals surface area contributed by atoms with Gasteiger partial charge in [-0.1, -0.05) is 11.3 Å². The lowest BCUT2D eigenvalue weighted by Crippen LogP contribution is -1.79. The van der Waals surface area contributed by atoms with Gasteiger partial charge in [0.15, 0.2) is 5.01 Å². The van der Waals surface area contributed by atoms with E-state index in [0.29, 0.717) is 5.13 Å². The van der Waals surface area contributed by atoms with Crippen LogP contribution in [0.1, 0.15) is 0 Å². The smallest absolute Gasteiger partial charge is 0.203 e. The predicted molar refractivity (Wildman–Crippen MR) is 55.3 cm³/mol. The third-order valence-electron chi connectivity index (χ3n) is 1.22. The highest BCUT2D eigenvalue weighted by molar-refractivity contribution is 9.10. The second-order valence-electron chi connectivity index (χ2n) is 2.07. The number of nitrogens with zero attached hydrogens (tertiary/aromatic N) is 2. The molecule has 0 radical (unpaired) electrons. The molecule has 6 heteroatoms. The summed E-state index contributed by atoms with van der Waals surface area (Å²) in [5, 5.41) is 11.1. The molecule has 2 heterocycles. The normalized spacial score (nSPS) is 10.4. The van der Waals surface area contributed by atoms with Crippen LogP contribution in [0.15, 0.2) is 15.9 Å². The fraction of sp³-hybridized carbons (Fsp3) is 0. The third kappa shape index (κ3) is 1.50. The van der Waals surface area contributed by atoms with E-state index in [4.69, 9.17) is 5.73 Å². The van der Waals surface area contributed by atoms with Gasteiger partial charge in [-0.25, -0.2) is 0 Å². The van der Waals surface area contributed by atoms with Gasteiger partial charge in [-0.3, -0.25) is 0 Å². The van der Waals surface area contributed by atoms with Gasteiger partial charge in [0.05, 0.1) is 4.88 Å². The molecule has 2 aromatic heterocycles. The van der Waals surface area contributed by atoms with Crippen molar-refractivity contribution < 1.29 is 0 Å². The van der Waals surface area contributed by atoms with Crippen LogP contribution in [-0.4, -0.2) is 10.2 Å². The van der Waals surface area contributed by atoms with Gasteiger partial charge >= 0.3 is 0 Å². The van der Waals surface area contributed by atoms with Crippen molar-refractivity contribution in [3.63, 3.8) is 0 Å². The number of hydrogen-bond donors (Lipinski definition) is 1. The lowest BCUT2D eigenvalue weighted by Gasteiger charge is -1.82. The molecule has 0 saturated heterocycles. The van der Waals surface area contributed by atoms with E-state index in [9.17, 15) is 0 Å². The highest BCUT2D eigenvalue weighted by Crippen LogP contribution is 2.32. The summed E-state index contributed by atoms with van der Waals surface area (Å²) in [5.74, 6) is 0. The van der Waals surface area contributed by atoms with E-state index in [2.05, 4.69) is 26.1 Å². The number of aromatic nitrogens is 2. The average Bonchev–Trinajstić information content (AvgIpc) is 2.58. The molecule has 0 amide bonds. The Balaban J connectivity index is 2.43. The molecule has 0 bridgehead atoms. The molecule has 0 atom stereocenters. The molecule has 12 heavy (non-hydrogen) atoms. The summed E-state index contributed by atoms with van der Waals surface area (Å²) in [6, 6.07) is 2.00. The summed E-state index contributed by atoms with van der Waals surface area (Å²) in [5.41, 5.74) is 5.46. The van der Waals surface area contributed by atoms with Crippen molar-refractivity contribution in [2.24, 2.45) is 0 Å². The first-order valence-electron chi connectivity index (χ1n) is 3.09. The molecule has 0 aliphatic heterocycles. The van der Waals surface area contributed by atoms with Crippen molar-refractivity contribution in [1.29, 1.82) is 0 Å². The minimum absolute atomic E-state index is 0.509. The average molecular weight is 262 g/mol. The second-order valence-corrected chi connectivity index (χ2v) is 4.91. The molecule has 0 fully saturated rings. The van der Waals surface area contributed by atoms with Crippen LogP contribution in [0.4, 0.5) is 5.13 Å². The van der Waals surface area contributed by atoms with E-state index >= 15 is 0 Å². The summed E-state index contributed by atoms with van der Waals surface area (Å²) in [6.45, 7) is 0. The molecule has 0 aliphatic carbocycles. The third-order valence-corrected chi connectivity index (χ3v) is 3.83. The molecule has 2 rings (SSSR count). The fourth-order valence-electron chi connectivity index (χ4n) is 0.759. The summed E-state index contributed by atoms with van der Waals surface area (Å²) in [6.07, 6.45) is 0. The van der Waals surface area contributed by atoms with Crippen molar-refractivity contribution in [1.82, 2.24) is 10.2 Å². The van der Waals surface area contributed by atoms with Gasteiger partial charge in [-0.05, 0) is 22.0 Å². The Labute approximate surface area is 85.4 Å². The van der Waals surface area contributed by atoms with Crippen molar-refractivity contribution in [2.45, 2.75) is 0 Å². The molecule has 62 valence electrons. The molecule has 0 unspecified atom stereocenters. The standard InChI is InChI=1S/C6H4BrN3S2/c7-3-1-4(11-2-3)5-9-10-6(8)12-5/h1-2H,(H2,8,10). The van der Waals surface area contributed by atoms with Crippen LogP contribution in [0.2, 0.25) is 0 Å². The maximum absolute atomic E-state index is 5.46. The molecule has 3 nitrogen and oxygen atoms in total. The van der Waals surface area contributed by atoms with E-state index in [1.54, 1.807) is 11.3 Å². The topological polar surface area (TPSA) is 51.8 Å². The Kier molecular flexibility index (Phi) is 2.12. The quantitative estimate of drug-likeness (QED) is 0.859.